The Bertz CT molecular complexity index is 740. The molecule has 3 rings (SSSR count). The molecule has 0 saturated carbocycles. The fraction of sp³-hybridized carbons (Fsp3) is 0.500. The Morgan fingerprint density at radius 2 is 2.04 bits per heavy atom. The number of carboxylic acids is 1. The maximum atomic E-state index is 12.6. The number of methoxy groups -OCH3 is 1. The van der Waals surface area contributed by atoms with Crippen molar-refractivity contribution in [3.63, 3.8) is 0 Å². The van der Waals surface area contributed by atoms with E-state index >= 15 is 0 Å². The van der Waals surface area contributed by atoms with E-state index in [-0.39, 0.29) is 18.4 Å². The van der Waals surface area contributed by atoms with Gasteiger partial charge in [0.15, 0.2) is 0 Å². The molecule has 8 heteroatoms. The van der Waals surface area contributed by atoms with Crippen LogP contribution < -0.4 is 15.4 Å². The van der Waals surface area contributed by atoms with Gasteiger partial charge in [0.1, 0.15) is 5.75 Å². The van der Waals surface area contributed by atoms with Gasteiger partial charge in [0, 0.05) is 19.5 Å². The van der Waals surface area contributed by atoms with E-state index in [4.69, 9.17) is 4.74 Å². The summed E-state index contributed by atoms with van der Waals surface area (Å²) in [6.07, 6.45) is 0.851. The predicted octanol–water partition coefficient (Wildman–Crippen LogP) is 1.59. The van der Waals surface area contributed by atoms with Crippen LogP contribution >= 0.6 is 0 Å². The molecule has 0 aromatic heterocycles. The van der Waals surface area contributed by atoms with E-state index < -0.39 is 17.4 Å². The molecule has 0 bridgehead atoms. The van der Waals surface area contributed by atoms with Gasteiger partial charge in [0.2, 0.25) is 5.91 Å². The lowest BCUT2D eigenvalue weighted by molar-refractivity contribution is -0.144. The number of amides is 3. The zero-order valence-corrected chi connectivity index (χ0v) is 14.9. The second-order valence-electron chi connectivity index (χ2n) is 6.92. The third-order valence-electron chi connectivity index (χ3n) is 5.28. The van der Waals surface area contributed by atoms with Crippen LogP contribution in [-0.4, -0.2) is 53.7 Å². The van der Waals surface area contributed by atoms with E-state index in [2.05, 4.69) is 10.6 Å². The minimum atomic E-state index is -0.967. The van der Waals surface area contributed by atoms with E-state index in [1.165, 1.54) is 0 Å². The summed E-state index contributed by atoms with van der Waals surface area (Å²) in [6.45, 7) is 2.68. The van der Waals surface area contributed by atoms with Gasteiger partial charge in [-0.25, -0.2) is 4.79 Å². The molecule has 1 aromatic rings. The first-order chi connectivity index (χ1) is 12.3. The Labute approximate surface area is 151 Å². The van der Waals surface area contributed by atoms with Gasteiger partial charge in [-0.15, -0.1) is 0 Å². The Morgan fingerprint density at radius 1 is 1.35 bits per heavy atom. The van der Waals surface area contributed by atoms with E-state index in [1.807, 2.05) is 19.1 Å². The van der Waals surface area contributed by atoms with Crippen LogP contribution in [0.25, 0.3) is 0 Å². The number of ether oxygens (including phenoxy) is 1. The van der Waals surface area contributed by atoms with Crippen LogP contribution in [0.5, 0.6) is 5.75 Å². The lowest BCUT2D eigenvalue weighted by Crippen LogP contribution is -2.57. The average molecular weight is 361 g/mol. The number of urea groups is 1. The number of carbonyl (C=O) groups excluding carboxylic acids is 2. The van der Waals surface area contributed by atoms with Crippen LogP contribution in [-0.2, 0) is 9.59 Å². The number of hydrogen-bond acceptors (Lipinski definition) is 4. The van der Waals surface area contributed by atoms with E-state index in [9.17, 15) is 19.5 Å². The van der Waals surface area contributed by atoms with Crippen LogP contribution in [0.2, 0.25) is 0 Å². The molecular formula is C18H23N3O5. The third kappa shape index (κ3) is 3.31. The molecule has 3 amide bonds. The highest BCUT2D eigenvalue weighted by molar-refractivity contribution is 5.91. The number of aryl methyl sites for hydroxylation is 1. The molecule has 8 nitrogen and oxygen atoms in total. The molecule has 1 atom stereocenters. The Kier molecular flexibility index (Phi) is 4.76. The number of aliphatic carboxylic acids is 1. The Balaban J connectivity index is 1.67. The van der Waals surface area contributed by atoms with E-state index in [0.29, 0.717) is 37.4 Å². The number of benzene rings is 1. The molecular weight excluding hydrogens is 338 g/mol. The molecule has 2 heterocycles. The van der Waals surface area contributed by atoms with Gasteiger partial charge in [-0.3, -0.25) is 9.59 Å². The zero-order chi connectivity index (χ0) is 18.9. The number of nitrogens with zero attached hydrogens (tertiary/aromatic N) is 1. The first-order valence-electron chi connectivity index (χ1n) is 8.59. The van der Waals surface area contributed by atoms with Crippen molar-refractivity contribution in [1.82, 2.24) is 10.2 Å². The Morgan fingerprint density at radius 3 is 2.65 bits per heavy atom. The monoisotopic (exact) mass is 361 g/mol. The predicted molar refractivity (Wildman–Crippen MR) is 94.2 cm³/mol. The average Bonchev–Trinajstić information content (AvgIpc) is 2.92. The third-order valence-corrected chi connectivity index (χ3v) is 5.28. The Hall–Kier alpha value is -2.77. The summed E-state index contributed by atoms with van der Waals surface area (Å²) in [5, 5.41) is 15.1. The maximum absolute atomic E-state index is 12.6. The van der Waals surface area contributed by atoms with Gasteiger partial charge < -0.3 is 25.4 Å². The number of likely N-dealkylation sites (tertiary alicyclic amines) is 1. The summed E-state index contributed by atoms with van der Waals surface area (Å²) in [6, 6.07) is 5.26. The van der Waals surface area contributed by atoms with Gasteiger partial charge in [-0.05, 0) is 37.5 Å². The number of hydrogen-bond donors (Lipinski definition) is 3. The summed E-state index contributed by atoms with van der Waals surface area (Å²) in [5.74, 6) is -1.37. The molecule has 1 aromatic carbocycles. The van der Waals surface area contributed by atoms with E-state index in [1.54, 1.807) is 18.1 Å². The molecule has 1 unspecified atom stereocenters. The number of anilines is 1. The number of carboxylic acid groups (broad SMARTS) is 1. The van der Waals surface area contributed by atoms with Crippen molar-refractivity contribution in [2.24, 2.45) is 5.92 Å². The number of rotatable bonds is 3. The van der Waals surface area contributed by atoms with Crippen molar-refractivity contribution >= 4 is 23.6 Å². The van der Waals surface area contributed by atoms with Crippen LogP contribution in [0.1, 0.15) is 24.8 Å². The summed E-state index contributed by atoms with van der Waals surface area (Å²) < 4.78 is 5.27. The van der Waals surface area contributed by atoms with Gasteiger partial charge in [-0.2, -0.15) is 0 Å². The lowest BCUT2D eigenvalue weighted by atomic mass is 9.78. The van der Waals surface area contributed by atoms with Gasteiger partial charge in [0.25, 0.3) is 0 Å². The minimum Gasteiger partial charge on any atom is -0.495 e. The van der Waals surface area contributed by atoms with Crippen molar-refractivity contribution < 1.29 is 24.2 Å². The fourth-order valence-corrected chi connectivity index (χ4v) is 3.82. The molecule has 0 radical (unpaired) electrons. The van der Waals surface area contributed by atoms with Crippen LogP contribution in [0, 0.1) is 12.8 Å². The van der Waals surface area contributed by atoms with Crippen LogP contribution in [0.4, 0.5) is 10.5 Å². The van der Waals surface area contributed by atoms with Crippen LogP contribution in [0.15, 0.2) is 18.2 Å². The van der Waals surface area contributed by atoms with Crippen molar-refractivity contribution in [3.05, 3.63) is 23.8 Å². The molecule has 3 N–H and O–H groups in total. The van der Waals surface area contributed by atoms with Crippen LogP contribution in [0.3, 0.4) is 0 Å². The smallest absolute Gasteiger partial charge is 0.321 e. The molecule has 1 spiro atoms. The first kappa shape index (κ1) is 18.0. The van der Waals surface area contributed by atoms with Crippen molar-refractivity contribution in [1.29, 1.82) is 0 Å². The molecule has 26 heavy (non-hydrogen) atoms. The number of piperidine rings is 1. The SMILES string of the molecule is COc1ccc(C)cc1NC(=O)N1CCC2(CC1)NC(=O)CC2C(=O)O. The molecule has 0 aliphatic carbocycles. The fourth-order valence-electron chi connectivity index (χ4n) is 3.82. The van der Waals surface area contributed by atoms with Gasteiger partial charge >= 0.3 is 12.0 Å². The van der Waals surface area contributed by atoms with Crippen molar-refractivity contribution in [3.8, 4) is 5.75 Å². The standard InChI is InChI=1S/C18H23N3O5/c1-11-3-4-14(26-2)13(9-11)19-17(25)21-7-5-18(6-8-21)12(16(23)24)10-15(22)20-18/h3-4,9,12H,5-8,10H2,1-2H3,(H,19,25)(H,20,22)(H,23,24). The van der Waals surface area contributed by atoms with Crippen molar-refractivity contribution in [2.45, 2.75) is 31.7 Å². The quantitative estimate of drug-likeness (QED) is 0.758. The highest BCUT2D eigenvalue weighted by atomic mass is 16.5. The molecule has 2 aliphatic heterocycles. The highest BCUT2D eigenvalue weighted by Crippen LogP contribution is 2.37. The van der Waals surface area contributed by atoms with Crippen molar-refractivity contribution in [2.75, 3.05) is 25.5 Å². The van der Waals surface area contributed by atoms with Gasteiger partial charge in [-0.1, -0.05) is 6.07 Å². The van der Waals surface area contributed by atoms with Gasteiger partial charge in [0.05, 0.1) is 24.3 Å². The topological polar surface area (TPSA) is 108 Å². The summed E-state index contributed by atoms with van der Waals surface area (Å²) in [4.78, 5) is 37.4. The second kappa shape index (κ2) is 6.86. The zero-order valence-electron chi connectivity index (χ0n) is 14.9. The number of carbonyl (C=O) groups is 3. The number of nitrogens with one attached hydrogen (secondary N) is 2. The second-order valence-corrected chi connectivity index (χ2v) is 6.92. The lowest BCUT2D eigenvalue weighted by Gasteiger charge is -2.41. The summed E-state index contributed by atoms with van der Waals surface area (Å²) in [5.41, 5.74) is 0.841. The first-order valence-corrected chi connectivity index (χ1v) is 8.59. The molecule has 2 saturated heterocycles. The molecule has 2 fully saturated rings. The molecule has 2 aliphatic rings. The maximum Gasteiger partial charge on any atom is 0.321 e. The summed E-state index contributed by atoms with van der Waals surface area (Å²) in [7, 11) is 1.54. The summed E-state index contributed by atoms with van der Waals surface area (Å²) >= 11 is 0. The van der Waals surface area contributed by atoms with E-state index in [0.717, 1.165) is 5.56 Å². The highest BCUT2D eigenvalue weighted by Gasteiger charge is 2.52. The minimum absolute atomic E-state index is 0.00200. The normalized spacial score (nSPS) is 21.4. The molecule has 140 valence electrons. The largest absolute Gasteiger partial charge is 0.495 e.